The summed E-state index contributed by atoms with van der Waals surface area (Å²) >= 11 is 6.05. The molecule has 1 aromatic heterocycles. The Labute approximate surface area is 130 Å². The van der Waals surface area contributed by atoms with Gasteiger partial charge in [-0.05, 0) is 30.3 Å². The lowest BCUT2D eigenvalue weighted by atomic mass is 10.2. The Balaban J connectivity index is 2.10. The summed E-state index contributed by atoms with van der Waals surface area (Å²) in [5.74, 6) is -0.266. The van der Waals surface area contributed by atoms with Gasteiger partial charge in [-0.2, -0.15) is 15.6 Å². The van der Waals surface area contributed by atoms with Crippen LogP contribution in [0.25, 0.3) is 0 Å². The Morgan fingerprint density at radius 1 is 1.27 bits per heavy atom. The maximum Gasteiger partial charge on any atom is 0.291 e. The molecule has 2 rings (SSSR count). The highest BCUT2D eigenvalue weighted by atomic mass is 35.5. The van der Waals surface area contributed by atoms with Crippen molar-refractivity contribution < 1.29 is 9.21 Å². The molecular formula is C14H8ClN5O2. The van der Waals surface area contributed by atoms with Crippen LogP contribution in [0.2, 0.25) is 5.02 Å². The van der Waals surface area contributed by atoms with Crippen molar-refractivity contribution in [2.24, 2.45) is 5.10 Å². The SMILES string of the molecule is N#CC(C#N)=NNc1ccc(NC(=O)c2ccco2)c(Cl)c1. The number of hydrogen-bond acceptors (Lipinski definition) is 6. The number of anilines is 2. The van der Waals surface area contributed by atoms with Crippen LogP contribution >= 0.6 is 11.6 Å². The normalized spacial score (nSPS) is 9.23. The van der Waals surface area contributed by atoms with E-state index in [0.717, 1.165) is 0 Å². The molecule has 108 valence electrons. The molecule has 2 aromatic rings. The van der Waals surface area contributed by atoms with Crippen LogP contribution in [-0.4, -0.2) is 11.6 Å². The first kappa shape index (κ1) is 15.1. The van der Waals surface area contributed by atoms with Crippen LogP contribution in [0.5, 0.6) is 0 Å². The molecule has 0 saturated carbocycles. The summed E-state index contributed by atoms with van der Waals surface area (Å²) in [5.41, 5.74) is 3.06. The molecule has 0 radical (unpaired) electrons. The summed E-state index contributed by atoms with van der Waals surface area (Å²) in [5, 5.41) is 23.6. The molecular weight excluding hydrogens is 306 g/mol. The van der Waals surface area contributed by atoms with E-state index < -0.39 is 5.91 Å². The number of furan rings is 1. The maximum absolute atomic E-state index is 11.8. The smallest absolute Gasteiger partial charge is 0.291 e. The average molecular weight is 314 g/mol. The molecule has 0 saturated heterocycles. The Kier molecular flexibility index (Phi) is 4.76. The number of benzene rings is 1. The molecule has 7 nitrogen and oxygen atoms in total. The van der Waals surface area contributed by atoms with Crippen molar-refractivity contribution in [3.05, 3.63) is 47.4 Å². The van der Waals surface area contributed by atoms with Gasteiger partial charge in [0.1, 0.15) is 12.1 Å². The summed E-state index contributed by atoms with van der Waals surface area (Å²) < 4.78 is 4.97. The van der Waals surface area contributed by atoms with Gasteiger partial charge in [-0.3, -0.25) is 10.2 Å². The standard InChI is InChI=1S/C14H8ClN5O2/c15-11-6-9(19-20-10(7-16)8-17)3-4-12(11)18-14(21)13-2-1-5-22-13/h1-6,19H,(H,18,21). The molecule has 1 heterocycles. The first-order valence-corrected chi connectivity index (χ1v) is 6.30. The minimum atomic E-state index is -0.429. The van der Waals surface area contributed by atoms with Crippen molar-refractivity contribution >= 4 is 34.6 Å². The molecule has 8 heteroatoms. The molecule has 0 unspecified atom stereocenters. The van der Waals surface area contributed by atoms with Crippen molar-refractivity contribution in [3.63, 3.8) is 0 Å². The zero-order chi connectivity index (χ0) is 15.9. The third kappa shape index (κ3) is 3.63. The van der Waals surface area contributed by atoms with E-state index >= 15 is 0 Å². The minimum Gasteiger partial charge on any atom is -0.459 e. The van der Waals surface area contributed by atoms with Crippen molar-refractivity contribution in [2.45, 2.75) is 0 Å². The highest BCUT2D eigenvalue weighted by Gasteiger charge is 2.11. The number of halogens is 1. The predicted octanol–water partition coefficient (Wildman–Crippen LogP) is 3.00. The summed E-state index contributed by atoms with van der Waals surface area (Å²) in [6.45, 7) is 0. The maximum atomic E-state index is 11.8. The third-order valence-electron chi connectivity index (χ3n) is 2.47. The van der Waals surface area contributed by atoms with Gasteiger partial charge in [0.2, 0.25) is 5.71 Å². The van der Waals surface area contributed by atoms with Gasteiger partial charge in [0.05, 0.1) is 22.7 Å². The number of nitrogens with zero attached hydrogens (tertiary/aromatic N) is 3. The highest BCUT2D eigenvalue weighted by molar-refractivity contribution is 6.34. The van der Waals surface area contributed by atoms with E-state index in [0.29, 0.717) is 11.4 Å². The van der Waals surface area contributed by atoms with Gasteiger partial charge in [-0.15, -0.1) is 0 Å². The summed E-state index contributed by atoms with van der Waals surface area (Å²) in [6.07, 6.45) is 1.39. The number of carbonyl (C=O) groups excluding carboxylic acids is 1. The van der Waals surface area contributed by atoms with Gasteiger partial charge >= 0.3 is 0 Å². The first-order valence-electron chi connectivity index (χ1n) is 5.92. The van der Waals surface area contributed by atoms with Crippen LogP contribution in [0.1, 0.15) is 10.6 Å². The molecule has 0 bridgehead atoms. The molecule has 2 N–H and O–H groups in total. The molecule has 0 aliphatic carbocycles. The van der Waals surface area contributed by atoms with Gasteiger partial charge in [-0.1, -0.05) is 11.6 Å². The molecule has 0 aliphatic rings. The number of rotatable bonds is 4. The largest absolute Gasteiger partial charge is 0.459 e. The van der Waals surface area contributed by atoms with E-state index in [1.807, 2.05) is 0 Å². The molecule has 0 atom stereocenters. The molecule has 0 spiro atoms. The number of hydrazone groups is 1. The van der Waals surface area contributed by atoms with Gasteiger partial charge in [0, 0.05) is 0 Å². The zero-order valence-electron chi connectivity index (χ0n) is 11.0. The Bertz CT molecular complexity index is 784. The van der Waals surface area contributed by atoms with Crippen molar-refractivity contribution in [3.8, 4) is 12.1 Å². The van der Waals surface area contributed by atoms with Crippen molar-refractivity contribution in [1.82, 2.24) is 0 Å². The molecule has 1 amide bonds. The van der Waals surface area contributed by atoms with E-state index in [-0.39, 0.29) is 16.5 Å². The highest BCUT2D eigenvalue weighted by Crippen LogP contribution is 2.26. The van der Waals surface area contributed by atoms with Crippen LogP contribution in [0, 0.1) is 22.7 Å². The van der Waals surface area contributed by atoms with Crippen molar-refractivity contribution in [2.75, 3.05) is 10.7 Å². The van der Waals surface area contributed by atoms with Gasteiger partial charge in [0.15, 0.2) is 5.76 Å². The summed E-state index contributed by atoms with van der Waals surface area (Å²) in [7, 11) is 0. The second kappa shape index (κ2) is 6.93. The number of nitriles is 2. The number of nitrogens with one attached hydrogen (secondary N) is 2. The van der Waals surface area contributed by atoms with E-state index in [2.05, 4.69) is 15.8 Å². The first-order chi connectivity index (χ1) is 10.6. The summed E-state index contributed by atoms with van der Waals surface area (Å²) in [6, 6.07) is 11.0. The quantitative estimate of drug-likeness (QED) is 0.665. The number of carbonyl (C=O) groups is 1. The van der Waals surface area contributed by atoms with E-state index in [1.165, 1.54) is 18.4 Å². The van der Waals surface area contributed by atoms with E-state index in [1.54, 1.807) is 30.3 Å². The molecule has 1 aromatic carbocycles. The van der Waals surface area contributed by atoms with Crippen LogP contribution in [-0.2, 0) is 0 Å². The third-order valence-corrected chi connectivity index (χ3v) is 2.78. The van der Waals surface area contributed by atoms with Crippen LogP contribution in [0.3, 0.4) is 0 Å². The van der Waals surface area contributed by atoms with Crippen LogP contribution in [0.4, 0.5) is 11.4 Å². The fraction of sp³-hybridized carbons (Fsp3) is 0. The molecule has 22 heavy (non-hydrogen) atoms. The van der Waals surface area contributed by atoms with Gasteiger partial charge in [0.25, 0.3) is 5.91 Å². The average Bonchev–Trinajstić information content (AvgIpc) is 3.05. The number of amides is 1. The van der Waals surface area contributed by atoms with E-state index in [4.69, 9.17) is 26.5 Å². The Hall–Kier alpha value is -3.29. The lowest BCUT2D eigenvalue weighted by molar-refractivity contribution is 0.0996. The zero-order valence-corrected chi connectivity index (χ0v) is 11.8. The number of hydrogen-bond donors (Lipinski definition) is 2. The topological polar surface area (TPSA) is 114 Å². The molecule has 0 fully saturated rings. The molecule has 0 aliphatic heterocycles. The van der Waals surface area contributed by atoms with Gasteiger partial charge in [-0.25, -0.2) is 0 Å². The minimum absolute atomic E-state index is 0.163. The van der Waals surface area contributed by atoms with E-state index in [9.17, 15) is 4.79 Å². The van der Waals surface area contributed by atoms with Crippen LogP contribution < -0.4 is 10.7 Å². The fourth-order valence-electron chi connectivity index (χ4n) is 1.47. The second-order valence-corrected chi connectivity index (χ2v) is 4.33. The van der Waals surface area contributed by atoms with Crippen LogP contribution in [0.15, 0.2) is 46.1 Å². The lowest BCUT2D eigenvalue weighted by Gasteiger charge is -2.07. The van der Waals surface area contributed by atoms with Crippen molar-refractivity contribution in [1.29, 1.82) is 10.5 Å². The Morgan fingerprint density at radius 3 is 2.64 bits per heavy atom. The summed E-state index contributed by atoms with van der Waals surface area (Å²) in [4.78, 5) is 11.8. The second-order valence-electron chi connectivity index (χ2n) is 3.92. The predicted molar refractivity (Wildman–Crippen MR) is 80.4 cm³/mol. The monoisotopic (exact) mass is 313 g/mol. The lowest BCUT2D eigenvalue weighted by Crippen LogP contribution is -2.11. The Morgan fingerprint density at radius 2 is 2.05 bits per heavy atom. The fourth-order valence-corrected chi connectivity index (χ4v) is 1.70. The van der Waals surface area contributed by atoms with Gasteiger partial charge < -0.3 is 9.73 Å².